The Bertz CT molecular complexity index is 387. The second kappa shape index (κ2) is 5.27. The minimum atomic E-state index is 0.795. The van der Waals surface area contributed by atoms with E-state index in [9.17, 15) is 0 Å². The fourth-order valence-corrected chi connectivity index (χ4v) is 2.22. The van der Waals surface area contributed by atoms with Gasteiger partial charge in [-0.3, -0.25) is 0 Å². The Morgan fingerprint density at radius 2 is 1.65 bits per heavy atom. The van der Waals surface area contributed by atoms with Gasteiger partial charge < -0.3 is 19.7 Å². The number of anilines is 1. The number of nitrogens with zero attached hydrogens (tertiary/aromatic N) is 1. The largest absolute Gasteiger partial charge is 0.493 e. The molecule has 2 rings (SSSR count). The van der Waals surface area contributed by atoms with E-state index in [4.69, 9.17) is 9.47 Å². The highest BCUT2D eigenvalue weighted by molar-refractivity contribution is 5.61. The van der Waals surface area contributed by atoms with Crippen molar-refractivity contribution in [3.05, 3.63) is 17.7 Å². The molecule has 0 atom stereocenters. The maximum absolute atomic E-state index is 5.36. The molecule has 1 N–H and O–H groups in total. The number of nitrogens with one attached hydrogen (secondary N) is 1. The average Bonchev–Trinajstić information content (AvgIpc) is 2.39. The van der Waals surface area contributed by atoms with E-state index < -0.39 is 0 Å². The Morgan fingerprint density at radius 3 is 2.24 bits per heavy atom. The number of benzene rings is 1. The Kier molecular flexibility index (Phi) is 3.74. The fourth-order valence-electron chi connectivity index (χ4n) is 2.22. The summed E-state index contributed by atoms with van der Waals surface area (Å²) in [5.41, 5.74) is 2.47. The van der Waals surface area contributed by atoms with Gasteiger partial charge in [0, 0.05) is 37.9 Å². The maximum Gasteiger partial charge on any atom is 0.162 e. The van der Waals surface area contributed by atoms with Crippen LogP contribution in [-0.2, 0) is 0 Å². The zero-order chi connectivity index (χ0) is 12.3. The molecule has 0 bridgehead atoms. The van der Waals surface area contributed by atoms with E-state index in [0.29, 0.717) is 0 Å². The maximum atomic E-state index is 5.36. The van der Waals surface area contributed by atoms with Gasteiger partial charge in [-0.15, -0.1) is 0 Å². The van der Waals surface area contributed by atoms with E-state index in [1.165, 1.54) is 11.3 Å². The zero-order valence-electron chi connectivity index (χ0n) is 10.7. The molecule has 17 heavy (non-hydrogen) atoms. The van der Waals surface area contributed by atoms with Gasteiger partial charge in [0.25, 0.3) is 0 Å². The zero-order valence-corrected chi connectivity index (χ0v) is 10.7. The lowest BCUT2D eigenvalue weighted by molar-refractivity contribution is 0.354. The van der Waals surface area contributed by atoms with Crippen molar-refractivity contribution in [2.45, 2.75) is 6.92 Å². The lowest BCUT2D eigenvalue weighted by Gasteiger charge is -2.31. The first-order valence-corrected chi connectivity index (χ1v) is 5.94. The van der Waals surface area contributed by atoms with E-state index in [-0.39, 0.29) is 0 Å². The van der Waals surface area contributed by atoms with Crippen molar-refractivity contribution < 1.29 is 9.47 Å². The predicted octanol–water partition coefficient (Wildman–Crippen LogP) is 1.42. The first-order valence-electron chi connectivity index (χ1n) is 5.94. The van der Waals surface area contributed by atoms with Crippen molar-refractivity contribution in [2.24, 2.45) is 0 Å². The number of hydrogen-bond donors (Lipinski definition) is 1. The van der Waals surface area contributed by atoms with Gasteiger partial charge in [0.15, 0.2) is 11.5 Å². The van der Waals surface area contributed by atoms with Crippen LogP contribution in [0.25, 0.3) is 0 Å². The van der Waals surface area contributed by atoms with Crippen LogP contribution in [0.4, 0.5) is 5.69 Å². The Balaban J connectivity index is 2.32. The molecular weight excluding hydrogens is 216 g/mol. The second-order valence-electron chi connectivity index (χ2n) is 4.23. The molecular formula is C13H20N2O2. The van der Waals surface area contributed by atoms with Crippen molar-refractivity contribution in [1.82, 2.24) is 5.32 Å². The molecule has 1 saturated heterocycles. The third-order valence-electron chi connectivity index (χ3n) is 3.16. The quantitative estimate of drug-likeness (QED) is 0.860. The molecule has 4 nitrogen and oxygen atoms in total. The highest BCUT2D eigenvalue weighted by Crippen LogP contribution is 2.34. The van der Waals surface area contributed by atoms with E-state index in [1.54, 1.807) is 14.2 Å². The predicted molar refractivity (Wildman–Crippen MR) is 69.4 cm³/mol. The highest BCUT2D eigenvalue weighted by Gasteiger charge is 2.15. The lowest BCUT2D eigenvalue weighted by atomic mass is 10.1. The number of ether oxygens (including phenoxy) is 2. The van der Waals surface area contributed by atoms with Gasteiger partial charge in [0.2, 0.25) is 0 Å². The van der Waals surface area contributed by atoms with Crippen LogP contribution >= 0.6 is 0 Å². The Morgan fingerprint density at radius 1 is 1.06 bits per heavy atom. The average molecular weight is 236 g/mol. The number of methoxy groups -OCH3 is 2. The van der Waals surface area contributed by atoms with Crippen LogP contribution < -0.4 is 19.7 Å². The normalized spacial score (nSPS) is 15.8. The van der Waals surface area contributed by atoms with Crippen LogP contribution in [0.2, 0.25) is 0 Å². The summed E-state index contributed by atoms with van der Waals surface area (Å²) in [4.78, 5) is 2.38. The first-order chi connectivity index (χ1) is 8.26. The Hall–Kier alpha value is -1.42. The number of hydrogen-bond acceptors (Lipinski definition) is 4. The van der Waals surface area contributed by atoms with Crippen molar-refractivity contribution >= 4 is 5.69 Å². The molecule has 0 aromatic heterocycles. The van der Waals surface area contributed by atoms with Crippen molar-refractivity contribution in [1.29, 1.82) is 0 Å². The summed E-state index contributed by atoms with van der Waals surface area (Å²) in [6.45, 7) is 6.26. The van der Waals surface area contributed by atoms with Crippen LogP contribution in [0.3, 0.4) is 0 Å². The van der Waals surface area contributed by atoms with E-state index in [2.05, 4.69) is 23.2 Å². The lowest BCUT2D eigenvalue weighted by Crippen LogP contribution is -2.43. The molecule has 1 heterocycles. The highest BCUT2D eigenvalue weighted by atomic mass is 16.5. The van der Waals surface area contributed by atoms with Crippen LogP contribution in [0.15, 0.2) is 12.1 Å². The third kappa shape index (κ3) is 2.47. The van der Waals surface area contributed by atoms with Crippen molar-refractivity contribution in [3.63, 3.8) is 0 Å². The third-order valence-corrected chi connectivity index (χ3v) is 3.16. The smallest absolute Gasteiger partial charge is 0.162 e. The standard InChI is InChI=1S/C13H20N2O2/c1-10-8-12(16-2)13(17-3)9-11(10)15-6-4-14-5-7-15/h8-9,14H,4-7H2,1-3H3. The molecule has 0 unspecified atom stereocenters. The molecule has 0 saturated carbocycles. The van der Waals surface area contributed by atoms with Gasteiger partial charge in [-0.25, -0.2) is 0 Å². The topological polar surface area (TPSA) is 33.7 Å². The van der Waals surface area contributed by atoms with E-state index >= 15 is 0 Å². The molecule has 1 fully saturated rings. The summed E-state index contributed by atoms with van der Waals surface area (Å²) < 4.78 is 10.7. The van der Waals surface area contributed by atoms with Gasteiger partial charge in [-0.2, -0.15) is 0 Å². The van der Waals surface area contributed by atoms with E-state index in [0.717, 1.165) is 37.7 Å². The number of rotatable bonds is 3. The SMILES string of the molecule is COc1cc(C)c(N2CCNCC2)cc1OC. The summed E-state index contributed by atoms with van der Waals surface area (Å²) in [6.07, 6.45) is 0. The molecule has 0 spiro atoms. The van der Waals surface area contributed by atoms with Crippen molar-refractivity contribution in [3.8, 4) is 11.5 Å². The summed E-state index contributed by atoms with van der Waals surface area (Å²) in [5.74, 6) is 1.59. The molecule has 1 aliphatic rings. The van der Waals surface area contributed by atoms with Crippen LogP contribution in [0.5, 0.6) is 11.5 Å². The first kappa shape index (κ1) is 12.0. The van der Waals surface area contributed by atoms with E-state index in [1.807, 2.05) is 6.07 Å². The van der Waals surface area contributed by atoms with Gasteiger partial charge in [0.1, 0.15) is 0 Å². The molecule has 1 aromatic rings. The minimum Gasteiger partial charge on any atom is -0.493 e. The van der Waals surface area contributed by atoms with Crippen LogP contribution in [0, 0.1) is 6.92 Å². The van der Waals surface area contributed by atoms with Gasteiger partial charge in [-0.05, 0) is 18.6 Å². The van der Waals surface area contributed by atoms with Gasteiger partial charge in [0.05, 0.1) is 14.2 Å². The monoisotopic (exact) mass is 236 g/mol. The molecule has 0 amide bonds. The van der Waals surface area contributed by atoms with Gasteiger partial charge >= 0.3 is 0 Å². The van der Waals surface area contributed by atoms with Crippen molar-refractivity contribution in [2.75, 3.05) is 45.3 Å². The molecule has 0 radical (unpaired) electrons. The van der Waals surface area contributed by atoms with Gasteiger partial charge in [-0.1, -0.05) is 0 Å². The second-order valence-corrected chi connectivity index (χ2v) is 4.23. The molecule has 1 aliphatic heterocycles. The summed E-state index contributed by atoms with van der Waals surface area (Å²) in [7, 11) is 3.34. The van der Waals surface area contributed by atoms with Crippen LogP contribution in [0.1, 0.15) is 5.56 Å². The Labute approximate surface area is 103 Å². The fraction of sp³-hybridized carbons (Fsp3) is 0.538. The molecule has 94 valence electrons. The summed E-state index contributed by atoms with van der Waals surface area (Å²) in [5, 5.41) is 3.36. The number of piperazine rings is 1. The molecule has 4 heteroatoms. The minimum absolute atomic E-state index is 0.795. The summed E-state index contributed by atoms with van der Waals surface area (Å²) in [6, 6.07) is 4.11. The molecule has 1 aromatic carbocycles. The number of aryl methyl sites for hydroxylation is 1. The molecule has 0 aliphatic carbocycles. The summed E-state index contributed by atoms with van der Waals surface area (Å²) >= 11 is 0. The van der Waals surface area contributed by atoms with Crippen LogP contribution in [-0.4, -0.2) is 40.4 Å².